The smallest absolute Gasteiger partial charge is 0.343 e. The summed E-state index contributed by atoms with van der Waals surface area (Å²) in [5, 5.41) is 1.55. The summed E-state index contributed by atoms with van der Waals surface area (Å²) in [6.07, 6.45) is 0.463. The van der Waals surface area contributed by atoms with Gasteiger partial charge in [0.1, 0.15) is 5.75 Å². The summed E-state index contributed by atoms with van der Waals surface area (Å²) in [5.41, 5.74) is 1.43. The minimum atomic E-state index is -0.520. The number of hydrogen-bond acceptors (Lipinski definition) is 5. The Morgan fingerprint density at radius 2 is 1.26 bits per heavy atom. The fourth-order valence-electron chi connectivity index (χ4n) is 3.72. The van der Waals surface area contributed by atoms with Crippen molar-refractivity contribution in [1.29, 1.82) is 0 Å². The molecule has 4 aromatic carbocycles. The zero-order chi connectivity index (χ0) is 24.1. The molecule has 0 atom stereocenters. The molecule has 0 N–H and O–H groups in total. The molecule has 0 saturated heterocycles. The van der Waals surface area contributed by atoms with E-state index in [1.807, 2.05) is 26.0 Å². The molecule has 172 valence electrons. The molecule has 0 aliphatic carbocycles. The van der Waals surface area contributed by atoms with Crippen LogP contribution in [-0.2, 0) is 6.42 Å². The van der Waals surface area contributed by atoms with Crippen molar-refractivity contribution < 1.29 is 23.8 Å². The largest absolute Gasteiger partial charge is 0.489 e. The first-order valence-corrected chi connectivity index (χ1v) is 11.4. The van der Waals surface area contributed by atoms with Gasteiger partial charge in [-0.2, -0.15) is 0 Å². The Balaban J connectivity index is 1.90. The van der Waals surface area contributed by atoms with E-state index < -0.39 is 11.9 Å². The maximum atomic E-state index is 12.9. The Bertz CT molecular complexity index is 1330. The summed E-state index contributed by atoms with van der Waals surface area (Å²) in [5.74, 6) is -0.0718. The molecular weight excluding hydrogens is 452 g/mol. The van der Waals surface area contributed by atoms with Crippen LogP contribution < -0.4 is 14.2 Å². The van der Waals surface area contributed by atoms with Gasteiger partial charge >= 0.3 is 11.9 Å². The molecule has 0 spiro atoms. The summed E-state index contributed by atoms with van der Waals surface area (Å²) in [6.45, 7) is 4.08. The molecule has 5 nitrogen and oxygen atoms in total. The molecule has 4 aromatic rings. The highest BCUT2D eigenvalue weighted by molar-refractivity contribution is 6.31. The molecule has 4 rings (SSSR count). The van der Waals surface area contributed by atoms with Crippen LogP contribution in [0.1, 0.15) is 40.1 Å². The van der Waals surface area contributed by atoms with Gasteiger partial charge in [0.25, 0.3) is 0 Å². The van der Waals surface area contributed by atoms with Crippen LogP contribution >= 0.6 is 11.6 Å². The molecular formula is C28H23ClO5. The van der Waals surface area contributed by atoms with Gasteiger partial charge in [-0.3, -0.25) is 0 Å². The maximum absolute atomic E-state index is 12.9. The van der Waals surface area contributed by atoms with Crippen molar-refractivity contribution in [2.24, 2.45) is 0 Å². The molecule has 0 heterocycles. The highest BCUT2D eigenvalue weighted by atomic mass is 35.5. The van der Waals surface area contributed by atoms with E-state index in [9.17, 15) is 9.59 Å². The van der Waals surface area contributed by atoms with Crippen molar-refractivity contribution in [3.05, 3.63) is 101 Å². The van der Waals surface area contributed by atoms with Gasteiger partial charge in [-0.1, -0.05) is 54.9 Å². The Labute approximate surface area is 202 Å². The van der Waals surface area contributed by atoms with E-state index in [-0.39, 0.29) is 5.75 Å². The first kappa shape index (κ1) is 23.3. The topological polar surface area (TPSA) is 61.8 Å². The van der Waals surface area contributed by atoms with Crippen LogP contribution in [0.2, 0.25) is 5.02 Å². The van der Waals surface area contributed by atoms with E-state index in [1.165, 1.54) is 0 Å². The lowest BCUT2D eigenvalue weighted by molar-refractivity contribution is 0.0716. The fourth-order valence-corrected chi connectivity index (χ4v) is 3.89. The highest BCUT2D eigenvalue weighted by Crippen LogP contribution is 2.47. The molecule has 0 saturated carbocycles. The number of ether oxygens (including phenoxy) is 3. The van der Waals surface area contributed by atoms with E-state index >= 15 is 0 Å². The summed E-state index contributed by atoms with van der Waals surface area (Å²) in [6, 6.07) is 22.6. The lowest BCUT2D eigenvalue weighted by Gasteiger charge is -2.21. The monoisotopic (exact) mass is 474 g/mol. The number of benzene rings is 4. The summed E-state index contributed by atoms with van der Waals surface area (Å²) in [4.78, 5) is 25.9. The number of carbonyl (C=O) groups is 2. The van der Waals surface area contributed by atoms with Gasteiger partial charge in [0.15, 0.2) is 11.5 Å². The Morgan fingerprint density at radius 3 is 1.79 bits per heavy atom. The second kappa shape index (κ2) is 10.4. The minimum absolute atomic E-state index is 0.263. The molecule has 34 heavy (non-hydrogen) atoms. The molecule has 0 aliphatic rings. The Morgan fingerprint density at radius 1 is 0.706 bits per heavy atom. The lowest BCUT2D eigenvalue weighted by atomic mass is 10.0. The first-order valence-electron chi connectivity index (χ1n) is 11.0. The molecule has 0 unspecified atom stereocenters. The van der Waals surface area contributed by atoms with Crippen molar-refractivity contribution >= 4 is 34.3 Å². The zero-order valence-corrected chi connectivity index (χ0v) is 19.6. The summed E-state index contributed by atoms with van der Waals surface area (Å²) >= 11 is 6.32. The van der Waals surface area contributed by atoms with Gasteiger partial charge in [-0.15, -0.1) is 0 Å². The molecule has 0 bridgehead atoms. The van der Waals surface area contributed by atoms with Crippen molar-refractivity contribution in [3.8, 4) is 17.2 Å². The maximum Gasteiger partial charge on any atom is 0.343 e. The SMILES string of the molecule is CCOc1c(CC)c(OC(=O)c2ccccc2)c2cc(Cl)ccc2c1OC(=O)c1ccccc1. The summed E-state index contributed by atoms with van der Waals surface area (Å²) in [7, 11) is 0. The quantitative estimate of drug-likeness (QED) is 0.215. The van der Waals surface area contributed by atoms with E-state index in [0.29, 0.717) is 57.0 Å². The second-order valence-corrected chi connectivity index (χ2v) is 7.89. The third kappa shape index (κ3) is 4.75. The van der Waals surface area contributed by atoms with Crippen LogP contribution in [0, 0.1) is 0 Å². The van der Waals surface area contributed by atoms with Crippen molar-refractivity contribution in [2.45, 2.75) is 20.3 Å². The Hall–Kier alpha value is -3.83. The second-order valence-electron chi connectivity index (χ2n) is 7.45. The molecule has 0 aromatic heterocycles. The first-order chi connectivity index (χ1) is 16.5. The number of halogens is 1. The van der Waals surface area contributed by atoms with Gasteiger partial charge < -0.3 is 14.2 Å². The minimum Gasteiger partial charge on any atom is -0.489 e. The molecule has 0 fully saturated rings. The zero-order valence-electron chi connectivity index (χ0n) is 18.8. The number of esters is 2. The average molecular weight is 475 g/mol. The van der Waals surface area contributed by atoms with Gasteiger partial charge in [0.05, 0.1) is 17.7 Å². The summed E-state index contributed by atoms with van der Waals surface area (Å²) < 4.78 is 17.7. The third-order valence-corrected chi connectivity index (χ3v) is 5.51. The van der Waals surface area contributed by atoms with Crippen LogP contribution in [-0.4, -0.2) is 18.5 Å². The average Bonchev–Trinajstić information content (AvgIpc) is 2.87. The standard InChI is InChI=1S/C28H23ClO5/c1-3-21-24(33-27(30)18-11-7-5-8-12-18)23-17-20(29)15-16-22(23)26(25(21)32-4-2)34-28(31)19-13-9-6-10-14-19/h5-17H,3-4H2,1-2H3. The lowest BCUT2D eigenvalue weighted by Crippen LogP contribution is -2.14. The van der Waals surface area contributed by atoms with Crippen LogP contribution in [0.5, 0.6) is 17.2 Å². The van der Waals surface area contributed by atoms with Crippen molar-refractivity contribution in [2.75, 3.05) is 6.61 Å². The highest BCUT2D eigenvalue weighted by Gasteiger charge is 2.26. The number of carbonyl (C=O) groups excluding carboxylic acids is 2. The molecule has 0 radical (unpaired) electrons. The van der Waals surface area contributed by atoms with E-state index in [1.54, 1.807) is 66.7 Å². The normalized spacial score (nSPS) is 10.7. The van der Waals surface area contributed by atoms with Gasteiger partial charge in [0, 0.05) is 21.4 Å². The molecule has 6 heteroatoms. The number of hydrogen-bond donors (Lipinski definition) is 0. The van der Waals surface area contributed by atoms with Crippen LogP contribution in [0.3, 0.4) is 0 Å². The molecule has 0 aliphatic heterocycles. The van der Waals surface area contributed by atoms with Gasteiger partial charge in [0.2, 0.25) is 0 Å². The van der Waals surface area contributed by atoms with E-state index in [2.05, 4.69) is 0 Å². The van der Waals surface area contributed by atoms with Crippen LogP contribution in [0.4, 0.5) is 0 Å². The van der Waals surface area contributed by atoms with Gasteiger partial charge in [-0.25, -0.2) is 9.59 Å². The predicted molar refractivity (Wildman–Crippen MR) is 132 cm³/mol. The van der Waals surface area contributed by atoms with Crippen LogP contribution in [0.15, 0.2) is 78.9 Å². The van der Waals surface area contributed by atoms with Crippen molar-refractivity contribution in [3.63, 3.8) is 0 Å². The van der Waals surface area contributed by atoms with Crippen molar-refractivity contribution in [1.82, 2.24) is 0 Å². The number of rotatable bonds is 7. The van der Waals surface area contributed by atoms with Crippen LogP contribution in [0.25, 0.3) is 10.8 Å². The molecule has 0 amide bonds. The number of fused-ring (bicyclic) bond motifs is 1. The third-order valence-electron chi connectivity index (χ3n) is 5.28. The predicted octanol–water partition coefficient (Wildman–Crippen LogP) is 6.89. The van der Waals surface area contributed by atoms with E-state index in [4.69, 9.17) is 25.8 Å². The Kier molecular flexibility index (Phi) is 7.14. The van der Waals surface area contributed by atoms with Gasteiger partial charge in [-0.05, 0) is 55.8 Å². The fraction of sp³-hybridized carbons (Fsp3) is 0.143. The van der Waals surface area contributed by atoms with E-state index in [0.717, 1.165) is 0 Å².